The van der Waals surface area contributed by atoms with Gasteiger partial charge in [-0.3, -0.25) is 9.89 Å². The van der Waals surface area contributed by atoms with Gasteiger partial charge in [-0.25, -0.2) is 4.68 Å². The summed E-state index contributed by atoms with van der Waals surface area (Å²) in [6.07, 6.45) is 5.12. The molecular formula is C22H21N7O. The van der Waals surface area contributed by atoms with Crippen molar-refractivity contribution in [3.63, 3.8) is 0 Å². The average molecular weight is 399 g/mol. The molecule has 3 heterocycles. The number of H-pyrrole nitrogens is 1. The zero-order chi connectivity index (χ0) is 20.2. The van der Waals surface area contributed by atoms with Crippen LogP contribution in [0.2, 0.25) is 0 Å². The van der Waals surface area contributed by atoms with Crippen molar-refractivity contribution in [1.29, 1.82) is 0 Å². The van der Waals surface area contributed by atoms with E-state index in [1.807, 2.05) is 37.5 Å². The molecule has 0 radical (unpaired) electrons. The molecule has 1 fully saturated rings. The van der Waals surface area contributed by atoms with E-state index in [1.54, 1.807) is 4.68 Å². The van der Waals surface area contributed by atoms with Gasteiger partial charge in [-0.1, -0.05) is 6.07 Å². The van der Waals surface area contributed by atoms with E-state index >= 15 is 0 Å². The molecule has 0 spiro atoms. The van der Waals surface area contributed by atoms with E-state index in [0.717, 1.165) is 39.7 Å². The predicted octanol–water partition coefficient (Wildman–Crippen LogP) is 3.27. The minimum Gasteiger partial charge on any atom is -0.352 e. The highest BCUT2D eigenvalue weighted by atomic mass is 16.1. The summed E-state index contributed by atoms with van der Waals surface area (Å²) in [7, 11) is 1.89. The van der Waals surface area contributed by atoms with Crippen LogP contribution in [0, 0.1) is 0 Å². The van der Waals surface area contributed by atoms with Gasteiger partial charge in [-0.05, 0) is 60.6 Å². The molecule has 1 amide bonds. The summed E-state index contributed by atoms with van der Waals surface area (Å²) in [4.78, 5) is 16.7. The standard InChI is InChI=1S/C22H21N7O/c1-29-22(25-18-7-6-17-16(11-24-27-17)19(18)12-2-3-12)26-20(28-29)14-4-5-15-13(10-14)8-9-23-21(15)30/h4-7,10-12H,2-3,8-9H2,1H3,(H,23,30)(H,24,27)(H,25,26,28). The van der Waals surface area contributed by atoms with Crippen LogP contribution < -0.4 is 10.6 Å². The third-order valence-electron chi connectivity index (χ3n) is 5.95. The molecule has 150 valence electrons. The fraction of sp³-hybridized carbons (Fsp3) is 0.273. The van der Waals surface area contributed by atoms with Gasteiger partial charge in [0.2, 0.25) is 5.95 Å². The van der Waals surface area contributed by atoms with E-state index in [9.17, 15) is 4.79 Å². The number of nitrogens with one attached hydrogen (secondary N) is 3. The van der Waals surface area contributed by atoms with Crippen LogP contribution in [0.5, 0.6) is 0 Å². The number of benzene rings is 2. The van der Waals surface area contributed by atoms with E-state index in [4.69, 9.17) is 4.98 Å². The second kappa shape index (κ2) is 6.41. The first-order valence-electron chi connectivity index (χ1n) is 10.2. The van der Waals surface area contributed by atoms with E-state index in [1.165, 1.54) is 18.4 Å². The predicted molar refractivity (Wildman–Crippen MR) is 114 cm³/mol. The molecule has 2 aromatic carbocycles. The Hall–Kier alpha value is -3.68. The van der Waals surface area contributed by atoms with Gasteiger partial charge < -0.3 is 10.6 Å². The van der Waals surface area contributed by atoms with Crippen LogP contribution in [0.1, 0.15) is 40.2 Å². The van der Waals surface area contributed by atoms with Crippen molar-refractivity contribution < 1.29 is 4.79 Å². The van der Waals surface area contributed by atoms with Gasteiger partial charge in [0.05, 0.1) is 11.7 Å². The van der Waals surface area contributed by atoms with E-state index in [2.05, 4.69) is 32.0 Å². The number of nitrogens with zero attached hydrogens (tertiary/aromatic N) is 4. The Labute approximate surface area is 172 Å². The number of aryl methyl sites for hydroxylation is 1. The van der Waals surface area contributed by atoms with Crippen molar-refractivity contribution >= 4 is 28.4 Å². The number of rotatable bonds is 4. The number of fused-ring (bicyclic) bond motifs is 2. The maximum atomic E-state index is 12.0. The van der Waals surface area contributed by atoms with Gasteiger partial charge in [0.1, 0.15) is 0 Å². The summed E-state index contributed by atoms with van der Waals surface area (Å²) >= 11 is 0. The highest BCUT2D eigenvalue weighted by Gasteiger charge is 2.29. The monoisotopic (exact) mass is 399 g/mol. The largest absolute Gasteiger partial charge is 0.352 e. The first kappa shape index (κ1) is 17.2. The van der Waals surface area contributed by atoms with Crippen molar-refractivity contribution in [3.8, 4) is 11.4 Å². The second-order valence-electron chi connectivity index (χ2n) is 8.02. The van der Waals surface area contributed by atoms with Crippen LogP contribution in [-0.4, -0.2) is 37.4 Å². The summed E-state index contributed by atoms with van der Waals surface area (Å²) in [5.41, 5.74) is 6.10. The van der Waals surface area contributed by atoms with Gasteiger partial charge in [-0.2, -0.15) is 10.1 Å². The van der Waals surface area contributed by atoms with E-state index < -0.39 is 0 Å². The molecule has 1 aliphatic heterocycles. The quantitative estimate of drug-likeness (QED) is 0.489. The van der Waals surface area contributed by atoms with Crippen LogP contribution in [0.4, 0.5) is 11.6 Å². The Balaban J connectivity index is 1.36. The van der Waals surface area contributed by atoms with Crippen LogP contribution in [0.25, 0.3) is 22.3 Å². The highest BCUT2D eigenvalue weighted by Crippen LogP contribution is 2.47. The number of carbonyl (C=O) groups excluding carboxylic acids is 1. The van der Waals surface area contributed by atoms with Gasteiger partial charge in [0.25, 0.3) is 5.91 Å². The van der Waals surface area contributed by atoms with Gasteiger partial charge in [0.15, 0.2) is 5.82 Å². The van der Waals surface area contributed by atoms with Crippen molar-refractivity contribution in [2.75, 3.05) is 11.9 Å². The maximum absolute atomic E-state index is 12.0. The van der Waals surface area contributed by atoms with E-state index in [0.29, 0.717) is 24.2 Å². The molecular weight excluding hydrogens is 378 g/mol. The normalized spacial score (nSPS) is 15.8. The molecule has 8 heteroatoms. The first-order valence-corrected chi connectivity index (χ1v) is 10.2. The van der Waals surface area contributed by atoms with Crippen molar-refractivity contribution in [2.24, 2.45) is 7.05 Å². The third-order valence-corrected chi connectivity index (χ3v) is 5.95. The number of hydrogen-bond acceptors (Lipinski definition) is 5. The van der Waals surface area contributed by atoms with Crippen molar-refractivity contribution in [2.45, 2.75) is 25.2 Å². The summed E-state index contributed by atoms with van der Waals surface area (Å²) in [6, 6.07) is 9.93. The number of aromatic nitrogens is 5. The number of hydrogen-bond donors (Lipinski definition) is 3. The maximum Gasteiger partial charge on any atom is 0.251 e. The smallest absolute Gasteiger partial charge is 0.251 e. The second-order valence-corrected chi connectivity index (χ2v) is 8.02. The number of carbonyl (C=O) groups is 1. The molecule has 1 saturated carbocycles. The SMILES string of the molecule is Cn1nc(-c2ccc3c(c2)CCNC3=O)nc1Nc1ccc2[nH]ncc2c1C1CC1. The van der Waals surface area contributed by atoms with Crippen LogP contribution in [0.3, 0.4) is 0 Å². The fourth-order valence-corrected chi connectivity index (χ4v) is 4.26. The van der Waals surface area contributed by atoms with Gasteiger partial charge >= 0.3 is 0 Å². The number of amides is 1. The Kier molecular flexibility index (Phi) is 3.68. The molecule has 4 aromatic rings. The molecule has 1 aliphatic carbocycles. The van der Waals surface area contributed by atoms with Crippen LogP contribution in [0.15, 0.2) is 36.5 Å². The Morgan fingerprint density at radius 1 is 1.20 bits per heavy atom. The molecule has 6 rings (SSSR count). The lowest BCUT2D eigenvalue weighted by Gasteiger charge is -2.16. The molecule has 2 aromatic heterocycles. The zero-order valence-electron chi connectivity index (χ0n) is 16.6. The summed E-state index contributed by atoms with van der Waals surface area (Å²) in [5, 5.41) is 19.4. The summed E-state index contributed by atoms with van der Waals surface area (Å²) < 4.78 is 1.76. The first-order chi connectivity index (χ1) is 14.7. The molecule has 30 heavy (non-hydrogen) atoms. The number of aromatic amines is 1. The molecule has 0 bridgehead atoms. The molecule has 0 saturated heterocycles. The lowest BCUT2D eigenvalue weighted by molar-refractivity contribution is 0.0946. The Morgan fingerprint density at radius 2 is 2.10 bits per heavy atom. The highest BCUT2D eigenvalue weighted by molar-refractivity contribution is 5.97. The molecule has 0 unspecified atom stereocenters. The molecule has 0 atom stereocenters. The number of anilines is 2. The molecule has 2 aliphatic rings. The third kappa shape index (κ3) is 2.75. The van der Waals surface area contributed by atoms with Crippen LogP contribution in [-0.2, 0) is 13.5 Å². The summed E-state index contributed by atoms with van der Waals surface area (Å²) in [5.74, 6) is 1.88. The minimum atomic E-state index is -0.0126. The van der Waals surface area contributed by atoms with E-state index in [-0.39, 0.29) is 5.91 Å². The summed E-state index contributed by atoms with van der Waals surface area (Å²) in [6.45, 7) is 0.665. The van der Waals surface area contributed by atoms with Crippen molar-refractivity contribution in [1.82, 2.24) is 30.3 Å². The average Bonchev–Trinajstić information content (AvgIpc) is 3.36. The Bertz CT molecular complexity index is 1300. The zero-order valence-corrected chi connectivity index (χ0v) is 16.6. The lowest BCUT2D eigenvalue weighted by Crippen LogP contribution is -2.31. The Morgan fingerprint density at radius 3 is 2.97 bits per heavy atom. The minimum absolute atomic E-state index is 0.0126. The topological polar surface area (TPSA) is 101 Å². The van der Waals surface area contributed by atoms with Crippen molar-refractivity contribution in [3.05, 3.63) is 53.2 Å². The van der Waals surface area contributed by atoms with Crippen LogP contribution >= 0.6 is 0 Å². The van der Waals surface area contributed by atoms with Gasteiger partial charge in [0, 0.05) is 35.8 Å². The molecule has 8 nitrogen and oxygen atoms in total. The molecule has 3 N–H and O–H groups in total. The fourth-order valence-electron chi connectivity index (χ4n) is 4.26. The van der Waals surface area contributed by atoms with Gasteiger partial charge in [-0.15, -0.1) is 5.10 Å². The lowest BCUT2D eigenvalue weighted by atomic mass is 9.98.